The number of aliphatic hydroxyl groups excluding tert-OH is 1. The monoisotopic (exact) mass is 280 g/mol. The number of ether oxygens (including phenoxy) is 2. The molecule has 110 valence electrons. The quantitative estimate of drug-likeness (QED) is 0.699. The SMILES string of the molecule is CC(CC(N)=O)NCC(O)c1ccc2c(c1)OCCO2. The van der Waals surface area contributed by atoms with E-state index in [0.29, 0.717) is 31.3 Å². The molecule has 0 aliphatic carbocycles. The second-order valence-electron chi connectivity index (χ2n) is 4.90. The molecule has 0 radical (unpaired) electrons. The third-order valence-corrected chi connectivity index (χ3v) is 3.12. The van der Waals surface area contributed by atoms with Crippen LogP contribution in [0.25, 0.3) is 0 Å². The average molecular weight is 280 g/mol. The van der Waals surface area contributed by atoms with Crippen LogP contribution in [0.15, 0.2) is 18.2 Å². The van der Waals surface area contributed by atoms with Crippen molar-refractivity contribution in [2.75, 3.05) is 19.8 Å². The maximum absolute atomic E-state index is 10.8. The minimum Gasteiger partial charge on any atom is -0.486 e. The molecule has 6 heteroatoms. The molecule has 1 aliphatic rings. The zero-order valence-electron chi connectivity index (χ0n) is 11.5. The van der Waals surface area contributed by atoms with Gasteiger partial charge in [0.25, 0.3) is 0 Å². The predicted octanol–water partition coefficient (Wildman–Crippen LogP) is 0.345. The van der Waals surface area contributed by atoms with Gasteiger partial charge in [-0.15, -0.1) is 0 Å². The second-order valence-corrected chi connectivity index (χ2v) is 4.90. The molecule has 0 spiro atoms. The maximum Gasteiger partial charge on any atom is 0.218 e. The molecule has 1 amide bonds. The van der Waals surface area contributed by atoms with Gasteiger partial charge in [0.15, 0.2) is 11.5 Å². The van der Waals surface area contributed by atoms with E-state index in [0.717, 1.165) is 5.56 Å². The van der Waals surface area contributed by atoms with Crippen molar-refractivity contribution in [1.29, 1.82) is 0 Å². The van der Waals surface area contributed by atoms with Crippen molar-refractivity contribution in [3.63, 3.8) is 0 Å². The van der Waals surface area contributed by atoms with E-state index in [-0.39, 0.29) is 18.4 Å². The topological polar surface area (TPSA) is 93.8 Å². The van der Waals surface area contributed by atoms with E-state index in [4.69, 9.17) is 15.2 Å². The predicted molar refractivity (Wildman–Crippen MR) is 73.7 cm³/mol. The molecular formula is C14H20N2O4. The van der Waals surface area contributed by atoms with E-state index in [1.165, 1.54) is 0 Å². The molecule has 2 rings (SSSR count). The summed E-state index contributed by atoms with van der Waals surface area (Å²) in [5.74, 6) is 0.985. The summed E-state index contributed by atoms with van der Waals surface area (Å²) in [5.41, 5.74) is 5.86. The van der Waals surface area contributed by atoms with Gasteiger partial charge in [-0.05, 0) is 24.6 Å². The number of nitrogens with two attached hydrogens (primary N) is 1. The fourth-order valence-corrected chi connectivity index (χ4v) is 2.07. The third kappa shape index (κ3) is 3.85. The van der Waals surface area contributed by atoms with Crippen molar-refractivity contribution in [1.82, 2.24) is 5.32 Å². The van der Waals surface area contributed by atoms with Crippen LogP contribution in [0.4, 0.5) is 0 Å². The number of primary amides is 1. The molecule has 1 aliphatic heterocycles. The summed E-state index contributed by atoms with van der Waals surface area (Å²) in [6.07, 6.45) is -0.436. The van der Waals surface area contributed by atoms with E-state index >= 15 is 0 Å². The summed E-state index contributed by atoms with van der Waals surface area (Å²) in [6, 6.07) is 5.30. The van der Waals surface area contributed by atoms with E-state index in [1.54, 1.807) is 18.2 Å². The van der Waals surface area contributed by atoms with Gasteiger partial charge in [-0.1, -0.05) is 6.07 Å². The van der Waals surface area contributed by atoms with Crippen LogP contribution in [0.3, 0.4) is 0 Å². The number of fused-ring (bicyclic) bond motifs is 1. The van der Waals surface area contributed by atoms with Crippen molar-refractivity contribution < 1.29 is 19.4 Å². The van der Waals surface area contributed by atoms with Crippen LogP contribution in [0.5, 0.6) is 11.5 Å². The maximum atomic E-state index is 10.8. The van der Waals surface area contributed by atoms with Crippen molar-refractivity contribution >= 4 is 5.91 Å². The minimum atomic E-state index is -0.679. The summed E-state index contributed by atoms with van der Waals surface area (Å²) < 4.78 is 10.9. The first-order valence-corrected chi connectivity index (χ1v) is 6.65. The van der Waals surface area contributed by atoms with Crippen molar-refractivity contribution in [2.24, 2.45) is 5.73 Å². The molecule has 4 N–H and O–H groups in total. The zero-order valence-corrected chi connectivity index (χ0v) is 11.5. The van der Waals surface area contributed by atoms with Crippen molar-refractivity contribution in [3.8, 4) is 11.5 Å². The Labute approximate surface area is 117 Å². The Morgan fingerprint density at radius 1 is 1.40 bits per heavy atom. The van der Waals surface area contributed by atoms with Crippen LogP contribution < -0.4 is 20.5 Å². The van der Waals surface area contributed by atoms with Gasteiger partial charge < -0.3 is 25.6 Å². The van der Waals surface area contributed by atoms with Crippen LogP contribution in [0.1, 0.15) is 25.0 Å². The first kappa shape index (κ1) is 14.6. The normalized spacial score (nSPS) is 16.5. The molecule has 20 heavy (non-hydrogen) atoms. The lowest BCUT2D eigenvalue weighted by atomic mass is 10.1. The Balaban J connectivity index is 1.92. The molecule has 0 saturated heterocycles. The first-order valence-electron chi connectivity index (χ1n) is 6.65. The highest BCUT2D eigenvalue weighted by molar-refractivity contribution is 5.74. The summed E-state index contributed by atoms with van der Waals surface area (Å²) in [6.45, 7) is 3.25. The highest BCUT2D eigenvalue weighted by Crippen LogP contribution is 2.32. The molecule has 1 aromatic rings. The number of hydrogen-bond donors (Lipinski definition) is 3. The summed E-state index contributed by atoms with van der Waals surface area (Å²) in [7, 11) is 0. The number of hydrogen-bond acceptors (Lipinski definition) is 5. The van der Waals surface area contributed by atoms with Crippen LogP contribution >= 0.6 is 0 Å². The Bertz CT molecular complexity index is 478. The molecular weight excluding hydrogens is 260 g/mol. The number of carbonyl (C=O) groups excluding carboxylic acids is 1. The lowest BCUT2D eigenvalue weighted by Crippen LogP contribution is -2.33. The molecule has 0 saturated carbocycles. The number of benzene rings is 1. The molecule has 6 nitrogen and oxygen atoms in total. The average Bonchev–Trinajstić information content (AvgIpc) is 2.43. The number of rotatable bonds is 6. The fraction of sp³-hybridized carbons (Fsp3) is 0.500. The van der Waals surface area contributed by atoms with Crippen LogP contribution in [-0.2, 0) is 4.79 Å². The van der Waals surface area contributed by atoms with Gasteiger partial charge in [-0.25, -0.2) is 0 Å². The molecule has 0 bridgehead atoms. The van der Waals surface area contributed by atoms with Gasteiger partial charge in [0.05, 0.1) is 6.10 Å². The molecule has 1 aromatic carbocycles. The van der Waals surface area contributed by atoms with Crippen molar-refractivity contribution in [2.45, 2.75) is 25.5 Å². The smallest absolute Gasteiger partial charge is 0.218 e. The largest absolute Gasteiger partial charge is 0.486 e. The Morgan fingerprint density at radius 2 is 2.10 bits per heavy atom. The van der Waals surface area contributed by atoms with Gasteiger partial charge in [0.2, 0.25) is 5.91 Å². The molecule has 2 atom stereocenters. The Morgan fingerprint density at radius 3 is 2.80 bits per heavy atom. The second kappa shape index (κ2) is 6.58. The lowest BCUT2D eigenvalue weighted by molar-refractivity contribution is -0.118. The Kier molecular flexibility index (Phi) is 4.81. The lowest BCUT2D eigenvalue weighted by Gasteiger charge is -2.21. The standard InChI is InChI=1S/C14H20N2O4/c1-9(6-14(15)18)16-8-11(17)10-2-3-12-13(7-10)20-5-4-19-12/h2-3,7,9,11,16-17H,4-6,8H2,1H3,(H2,15,18). The fourth-order valence-electron chi connectivity index (χ4n) is 2.07. The van der Waals surface area contributed by atoms with E-state index in [9.17, 15) is 9.90 Å². The van der Waals surface area contributed by atoms with E-state index in [2.05, 4.69) is 5.32 Å². The Hall–Kier alpha value is -1.79. The van der Waals surface area contributed by atoms with E-state index in [1.807, 2.05) is 6.92 Å². The molecule has 2 unspecified atom stereocenters. The molecule has 1 heterocycles. The molecule has 0 aromatic heterocycles. The van der Waals surface area contributed by atoms with Gasteiger partial charge >= 0.3 is 0 Å². The van der Waals surface area contributed by atoms with Gasteiger partial charge in [0.1, 0.15) is 13.2 Å². The minimum absolute atomic E-state index is 0.0700. The summed E-state index contributed by atoms with van der Waals surface area (Å²) in [4.78, 5) is 10.8. The zero-order chi connectivity index (χ0) is 14.5. The van der Waals surface area contributed by atoms with Crippen LogP contribution in [0, 0.1) is 0 Å². The van der Waals surface area contributed by atoms with E-state index < -0.39 is 6.10 Å². The van der Waals surface area contributed by atoms with Gasteiger partial charge in [-0.2, -0.15) is 0 Å². The highest BCUT2D eigenvalue weighted by Gasteiger charge is 2.16. The van der Waals surface area contributed by atoms with Crippen LogP contribution in [0.2, 0.25) is 0 Å². The molecule has 0 fully saturated rings. The van der Waals surface area contributed by atoms with Crippen molar-refractivity contribution in [3.05, 3.63) is 23.8 Å². The van der Waals surface area contributed by atoms with Gasteiger partial charge in [0, 0.05) is 19.0 Å². The number of carbonyl (C=O) groups is 1. The highest BCUT2D eigenvalue weighted by atomic mass is 16.6. The number of amides is 1. The first-order chi connectivity index (χ1) is 9.56. The van der Waals surface area contributed by atoms with Gasteiger partial charge in [-0.3, -0.25) is 4.79 Å². The summed E-state index contributed by atoms with van der Waals surface area (Å²) in [5, 5.41) is 13.2. The third-order valence-electron chi connectivity index (χ3n) is 3.12. The number of nitrogens with one attached hydrogen (secondary N) is 1. The summed E-state index contributed by atoms with van der Waals surface area (Å²) >= 11 is 0. The number of aliphatic hydroxyl groups is 1. The van der Waals surface area contributed by atoms with Crippen LogP contribution in [-0.4, -0.2) is 36.8 Å².